The van der Waals surface area contributed by atoms with E-state index in [1.54, 1.807) is 9.21 Å². The molecule has 4 nitrogen and oxygen atoms in total. The third kappa shape index (κ3) is 4.19. The van der Waals surface area contributed by atoms with Crippen LogP contribution in [0.1, 0.15) is 50.5 Å². The van der Waals surface area contributed by atoms with Gasteiger partial charge < -0.3 is 4.90 Å². The summed E-state index contributed by atoms with van der Waals surface area (Å²) in [7, 11) is -3.01. The lowest BCUT2D eigenvalue weighted by molar-refractivity contribution is -0.930. The summed E-state index contributed by atoms with van der Waals surface area (Å²) in [6, 6.07) is 11.6. The van der Waals surface area contributed by atoms with Gasteiger partial charge in [0.15, 0.2) is 0 Å². The molecule has 0 radical (unpaired) electrons. The van der Waals surface area contributed by atoms with Gasteiger partial charge in [-0.2, -0.15) is 4.31 Å². The number of nitrogens with zero attached hydrogens (tertiary/aromatic N) is 1. The topological polar surface area (TPSA) is 41.8 Å². The average molecular weight is 352 g/mol. The molecule has 1 aliphatic carbocycles. The second-order valence-electron chi connectivity index (χ2n) is 7.33. The highest BCUT2D eigenvalue weighted by Gasteiger charge is 2.34. The molecule has 0 unspecified atom stereocenters. The number of hydrogen-bond acceptors (Lipinski definition) is 2. The molecule has 1 aromatic carbocycles. The predicted molar refractivity (Wildman–Crippen MR) is 97.8 cm³/mol. The molecule has 1 heterocycles. The fourth-order valence-corrected chi connectivity index (χ4v) is 5.92. The van der Waals surface area contributed by atoms with E-state index in [1.165, 1.54) is 31.2 Å². The van der Waals surface area contributed by atoms with Gasteiger partial charge in [0.2, 0.25) is 10.0 Å². The number of hydrogen-bond donors (Lipinski definition) is 1. The zero-order valence-corrected chi connectivity index (χ0v) is 15.6. The molecule has 0 atom stereocenters. The van der Waals surface area contributed by atoms with E-state index in [9.17, 15) is 8.42 Å². The second kappa shape index (κ2) is 7.98. The minimum Gasteiger partial charge on any atom is -0.330 e. The molecule has 0 amide bonds. The summed E-state index contributed by atoms with van der Waals surface area (Å²) in [5.41, 5.74) is 1.49. The molecule has 2 fully saturated rings. The summed E-state index contributed by atoms with van der Waals surface area (Å²) < 4.78 is 26.1. The molecule has 3 rings (SSSR count). The Hall–Kier alpha value is -0.910. The SMILES string of the molecule is CCCS(=O)(=O)N1CC[NH+](C2CCC(c3ccccc3)CC2)CC1. The lowest BCUT2D eigenvalue weighted by Crippen LogP contribution is -3.18. The van der Waals surface area contributed by atoms with Crippen molar-refractivity contribution in [3.05, 3.63) is 35.9 Å². The maximum atomic E-state index is 12.2. The van der Waals surface area contributed by atoms with E-state index in [2.05, 4.69) is 30.3 Å². The monoisotopic (exact) mass is 351 g/mol. The third-order valence-corrected chi connectivity index (χ3v) is 7.87. The Morgan fingerprint density at radius 1 is 1.04 bits per heavy atom. The first kappa shape index (κ1) is 17.9. The lowest BCUT2D eigenvalue weighted by atomic mass is 9.81. The van der Waals surface area contributed by atoms with Gasteiger partial charge in [-0.25, -0.2) is 8.42 Å². The number of benzene rings is 1. The summed E-state index contributed by atoms with van der Waals surface area (Å²) in [5.74, 6) is 1.01. The molecule has 1 saturated heterocycles. The smallest absolute Gasteiger partial charge is 0.214 e. The summed E-state index contributed by atoms with van der Waals surface area (Å²) in [5, 5.41) is 0. The van der Waals surface area contributed by atoms with Gasteiger partial charge in [0.1, 0.15) is 0 Å². The van der Waals surface area contributed by atoms with Crippen molar-refractivity contribution in [2.24, 2.45) is 0 Å². The van der Waals surface area contributed by atoms with Crippen LogP contribution in [0.25, 0.3) is 0 Å². The van der Waals surface area contributed by atoms with Crippen molar-refractivity contribution in [2.75, 3.05) is 31.9 Å². The minimum atomic E-state index is -3.01. The quantitative estimate of drug-likeness (QED) is 0.876. The largest absolute Gasteiger partial charge is 0.330 e. The molecular formula is C19H31N2O2S+. The van der Waals surface area contributed by atoms with E-state index in [0.717, 1.165) is 19.1 Å². The van der Waals surface area contributed by atoms with Gasteiger partial charge >= 0.3 is 0 Å². The first-order chi connectivity index (χ1) is 11.6. The summed E-state index contributed by atoms with van der Waals surface area (Å²) in [4.78, 5) is 1.63. The van der Waals surface area contributed by atoms with Gasteiger partial charge in [-0.15, -0.1) is 0 Å². The van der Waals surface area contributed by atoms with Gasteiger partial charge in [0.05, 0.1) is 38.0 Å². The normalized spacial score (nSPS) is 27.2. The summed E-state index contributed by atoms with van der Waals surface area (Å²) in [6.07, 6.45) is 5.80. The van der Waals surface area contributed by atoms with Gasteiger partial charge in [-0.1, -0.05) is 37.3 Å². The molecular weight excluding hydrogens is 320 g/mol. The molecule has 1 saturated carbocycles. The van der Waals surface area contributed by atoms with E-state index in [0.29, 0.717) is 31.2 Å². The van der Waals surface area contributed by atoms with Crippen molar-refractivity contribution in [1.29, 1.82) is 0 Å². The Morgan fingerprint density at radius 3 is 2.25 bits per heavy atom. The van der Waals surface area contributed by atoms with Crippen molar-refractivity contribution < 1.29 is 13.3 Å². The van der Waals surface area contributed by atoms with Gasteiger partial charge in [0, 0.05) is 0 Å². The molecule has 0 bridgehead atoms. The summed E-state index contributed by atoms with van der Waals surface area (Å²) >= 11 is 0. The van der Waals surface area contributed by atoms with Crippen molar-refractivity contribution in [3.63, 3.8) is 0 Å². The Bertz CT molecular complexity index is 602. The first-order valence-corrected chi connectivity index (χ1v) is 11.1. The Morgan fingerprint density at radius 2 is 1.67 bits per heavy atom. The van der Waals surface area contributed by atoms with Crippen LogP contribution in [-0.2, 0) is 10.0 Å². The van der Waals surface area contributed by atoms with Crippen LogP contribution in [0.2, 0.25) is 0 Å². The zero-order valence-electron chi connectivity index (χ0n) is 14.8. The second-order valence-corrected chi connectivity index (χ2v) is 9.42. The van der Waals surface area contributed by atoms with Crippen LogP contribution in [0.3, 0.4) is 0 Å². The zero-order chi connectivity index (χ0) is 17.0. The van der Waals surface area contributed by atoms with Crippen LogP contribution in [0, 0.1) is 0 Å². The van der Waals surface area contributed by atoms with Crippen molar-refractivity contribution in [3.8, 4) is 0 Å². The minimum absolute atomic E-state index is 0.296. The predicted octanol–water partition coefficient (Wildman–Crippen LogP) is 1.65. The molecule has 1 aliphatic heterocycles. The van der Waals surface area contributed by atoms with Crippen LogP contribution in [0.15, 0.2) is 30.3 Å². The van der Waals surface area contributed by atoms with Crippen molar-refractivity contribution >= 4 is 10.0 Å². The number of rotatable bonds is 5. The van der Waals surface area contributed by atoms with E-state index < -0.39 is 10.0 Å². The maximum absolute atomic E-state index is 12.2. The van der Waals surface area contributed by atoms with Crippen LogP contribution >= 0.6 is 0 Å². The third-order valence-electron chi connectivity index (χ3n) is 5.80. The first-order valence-electron chi connectivity index (χ1n) is 9.47. The standard InChI is InChI=1S/C19H30N2O2S/c1-2-16-24(22,23)21-14-12-20(13-15-21)19-10-8-18(9-11-19)17-6-4-3-5-7-17/h3-7,18-19H,2,8-16H2,1H3/p+1. The number of quaternary nitrogens is 1. The van der Waals surface area contributed by atoms with Crippen LogP contribution in [0.5, 0.6) is 0 Å². The van der Waals surface area contributed by atoms with E-state index in [4.69, 9.17) is 0 Å². The van der Waals surface area contributed by atoms with E-state index in [-0.39, 0.29) is 0 Å². The van der Waals surface area contributed by atoms with Crippen molar-refractivity contribution in [1.82, 2.24) is 4.31 Å². The fourth-order valence-electron chi connectivity index (χ4n) is 4.41. The van der Waals surface area contributed by atoms with Crippen LogP contribution < -0.4 is 4.90 Å². The Labute approximate surface area is 146 Å². The molecule has 24 heavy (non-hydrogen) atoms. The highest BCUT2D eigenvalue weighted by molar-refractivity contribution is 7.89. The molecule has 2 aliphatic rings. The molecule has 0 spiro atoms. The highest BCUT2D eigenvalue weighted by atomic mass is 32.2. The van der Waals surface area contributed by atoms with Crippen LogP contribution in [-0.4, -0.2) is 50.7 Å². The maximum Gasteiger partial charge on any atom is 0.214 e. The molecule has 0 aromatic heterocycles. The molecule has 134 valence electrons. The van der Waals surface area contributed by atoms with Gasteiger partial charge in [0.25, 0.3) is 0 Å². The van der Waals surface area contributed by atoms with E-state index in [1.807, 2.05) is 6.92 Å². The van der Waals surface area contributed by atoms with E-state index >= 15 is 0 Å². The lowest BCUT2D eigenvalue weighted by Gasteiger charge is -2.39. The molecule has 1 N–H and O–H groups in total. The van der Waals surface area contributed by atoms with Gasteiger partial charge in [-0.05, 0) is 43.6 Å². The van der Waals surface area contributed by atoms with Gasteiger partial charge in [-0.3, -0.25) is 0 Å². The van der Waals surface area contributed by atoms with Crippen LogP contribution in [0.4, 0.5) is 0 Å². The number of piperazine rings is 1. The summed E-state index contributed by atoms with van der Waals surface area (Å²) in [6.45, 7) is 5.30. The van der Waals surface area contributed by atoms with Crippen molar-refractivity contribution in [2.45, 2.75) is 51.0 Å². The fraction of sp³-hybridized carbons (Fsp3) is 0.684. The number of sulfonamides is 1. The molecule has 1 aromatic rings. The Balaban J connectivity index is 1.48. The number of nitrogens with one attached hydrogen (secondary N) is 1. The Kier molecular flexibility index (Phi) is 5.95. The molecule has 5 heteroatoms. The highest BCUT2D eigenvalue weighted by Crippen LogP contribution is 2.31. The average Bonchev–Trinajstić information content (AvgIpc) is 2.63.